The van der Waals surface area contributed by atoms with E-state index in [-0.39, 0.29) is 6.03 Å². The molecule has 0 saturated carbocycles. The lowest BCUT2D eigenvalue weighted by atomic mass is 10.1. The number of primary amides is 1. The summed E-state index contributed by atoms with van der Waals surface area (Å²) in [6.45, 7) is 5.80. The van der Waals surface area contributed by atoms with Crippen LogP contribution in [0.4, 0.5) is 4.79 Å². The Morgan fingerprint density at radius 1 is 1.03 bits per heavy atom. The zero-order valence-corrected chi connectivity index (χ0v) is 17.6. The van der Waals surface area contributed by atoms with Crippen molar-refractivity contribution in [1.82, 2.24) is 15.5 Å². The third-order valence-corrected chi connectivity index (χ3v) is 5.04. The maximum atomic E-state index is 12.1. The number of hydrogen-bond donors (Lipinski definition) is 3. The third kappa shape index (κ3) is 7.92. The summed E-state index contributed by atoms with van der Waals surface area (Å²) in [7, 11) is 0. The van der Waals surface area contributed by atoms with E-state index in [9.17, 15) is 9.59 Å². The van der Waals surface area contributed by atoms with Crippen LogP contribution in [-0.2, 0) is 17.7 Å². The van der Waals surface area contributed by atoms with E-state index < -0.39 is 5.91 Å². The van der Waals surface area contributed by atoms with Crippen molar-refractivity contribution < 1.29 is 19.1 Å². The number of nitrogens with zero attached hydrogens (tertiary/aromatic N) is 1. The van der Waals surface area contributed by atoms with Crippen LogP contribution in [-0.4, -0.2) is 62.8 Å². The minimum Gasteiger partial charge on any atom is -0.492 e. The molecule has 0 aliphatic carbocycles. The maximum absolute atomic E-state index is 12.1. The molecule has 1 aliphatic heterocycles. The van der Waals surface area contributed by atoms with Crippen molar-refractivity contribution in [2.75, 3.05) is 46.0 Å². The molecular weight excluding hydrogens is 396 g/mol. The molecule has 0 bridgehead atoms. The molecule has 3 rings (SSSR count). The van der Waals surface area contributed by atoms with Gasteiger partial charge in [0.1, 0.15) is 12.4 Å². The van der Waals surface area contributed by atoms with Crippen molar-refractivity contribution in [1.29, 1.82) is 0 Å². The van der Waals surface area contributed by atoms with Crippen LogP contribution in [0.5, 0.6) is 5.75 Å². The smallest absolute Gasteiger partial charge is 0.315 e. The molecule has 0 spiro atoms. The van der Waals surface area contributed by atoms with Crippen LogP contribution in [0.2, 0.25) is 0 Å². The SMILES string of the molecule is NC(=O)c1cccc(CCNC(=O)NCc2cccc(OCCN3CCOCC3)c2)c1. The molecule has 4 N–H and O–H groups in total. The first-order valence-electron chi connectivity index (χ1n) is 10.5. The third-order valence-electron chi connectivity index (χ3n) is 5.04. The fourth-order valence-corrected chi connectivity index (χ4v) is 3.31. The Kier molecular flexibility index (Phi) is 8.69. The number of nitrogens with one attached hydrogen (secondary N) is 2. The predicted molar refractivity (Wildman–Crippen MR) is 118 cm³/mol. The van der Waals surface area contributed by atoms with Gasteiger partial charge in [0, 0.05) is 38.3 Å². The van der Waals surface area contributed by atoms with Crippen molar-refractivity contribution >= 4 is 11.9 Å². The van der Waals surface area contributed by atoms with E-state index in [1.807, 2.05) is 30.3 Å². The van der Waals surface area contributed by atoms with Crippen molar-refractivity contribution in [3.63, 3.8) is 0 Å². The molecule has 1 heterocycles. The summed E-state index contributed by atoms with van der Waals surface area (Å²) in [5, 5.41) is 5.67. The van der Waals surface area contributed by atoms with E-state index in [0.717, 1.165) is 49.7 Å². The number of amides is 3. The molecule has 2 aromatic carbocycles. The lowest BCUT2D eigenvalue weighted by Gasteiger charge is -2.26. The molecular formula is C23H30N4O4. The van der Waals surface area contributed by atoms with Crippen molar-refractivity contribution in [3.05, 3.63) is 65.2 Å². The quantitative estimate of drug-likeness (QED) is 0.534. The molecule has 0 aromatic heterocycles. The van der Waals surface area contributed by atoms with Crippen molar-refractivity contribution in [2.45, 2.75) is 13.0 Å². The van der Waals surface area contributed by atoms with Crippen LogP contribution < -0.4 is 21.1 Å². The van der Waals surface area contributed by atoms with Gasteiger partial charge in [-0.1, -0.05) is 24.3 Å². The second-order valence-electron chi connectivity index (χ2n) is 7.37. The van der Waals surface area contributed by atoms with Crippen LogP contribution in [0.15, 0.2) is 48.5 Å². The Morgan fingerprint density at radius 3 is 2.61 bits per heavy atom. The van der Waals surface area contributed by atoms with Gasteiger partial charge in [-0.2, -0.15) is 0 Å². The first kappa shape index (κ1) is 22.6. The fraction of sp³-hybridized carbons (Fsp3) is 0.391. The van der Waals surface area contributed by atoms with Gasteiger partial charge in [-0.15, -0.1) is 0 Å². The van der Waals surface area contributed by atoms with Crippen LogP contribution in [0.3, 0.4) is 0 Å². The number of nitrogens with two attached hydrogens (primary N) is 1. The Labute approximate surface area is 182 Å². The predicted octanol–water partition coefficient (Wildman–Crippen LogP) is 1.54. The first-order valence-corrected chi connectivity index (χ1v) is 10.5. The molecule has 166 valence electrons. The lowest BCUT2D eigenvalue weighted by molar-refractivity contribution is 0.0322. The molecule has 0 radical (unpaired) electrons. The Hall–Kier alpha value is -3.10. The summed E-state index contributed by atoms with van der Waals surface area (Å²) in [6, 6.07) is 14.6. The summed E-state index contributed by atoms with van der Waals surface area (Å²) in [6.07, 6.45) is 0.612. The zero-order valence-electron chi connectivity index (χ0n) is 17.6. The number of carbonyl (C=O) groups excluding carboxylic acids is 2. The van der Waals surface area contributed by atoms with Gasteiger partial charge in [0.25, 0.3) is 0 Å². The van der Waals surface area contributed by atoms with Crippen molar-refractivity contribution in [3.8, 4) is 5.75 Å². The van der Waals surface area contributed by atoms with Gasteiger partial charge in [-0.3, -0.25) is 9.69 Å². The number of urea groups is 1. The zero-order chi connectivity index (χ0) is 21.9. The largest absolute Gasteiger partial charge is 0.492 e. The average molecular weight is 427 g/mol. The van der Waals surface area contributed by atoms with E-state index in [1.54, 1.807) is 18.2 Å². The fourth-order valence-electron chi connectivity index (χ4n) is 3.31. The first-order chi connectivity index (χ1) is 15.1. The van der Waals surface area contributed by atoms with Gasteiger partial charge in [0.2, 0.25) is 5.91 Å². The number of hydrogen-bond acceptors (Lipinski definition) is 5. The summed E-state index contributed by atoms with van der Waals surface area (Å²) < 4.78 is 11.2. The Morgan fingerprint density at radius 2 is 1.81 bits per heavy atom. The molecule has 8 heteroatoms. The molecule has 3 amide bonds. The number of carbonyl (C=O) groups is 2. The number of rotatable bonds is 10. The van der Waals surface area contributed by atoms with Crippen molar-refractivity contribution in [2.24, 2.45) is 5.73 Å². The normalized spacial score (nSPS) is 14.1. The second kappa shape index (κ2) is 11.9. The van der Waals surface area contributed by atoms with Gasteiger partial charge >= 0.3 is 6.03 Å². The lowest BCUT2D eigenvalue weighted by Crippen LogP contribution is -2.38. The molecule has 31 heavy (non-hydrogen) atoms. The molecule has 0 atom stereocenters. The van der Waals surface area contributed by atoms with Crippen LogP contribution in [0.1, 0.15) is 21.5 Å². The van der Waals surface area contributed by atoms with E-state index in [2.05, 4.69) is 15.5 Å². The molecule has 8 nitrogen and oxygen atoms in total. The van der Waals surface area contributed by atoms with Crippen LogP contribution in [0, 0.1) is 0 Å². The standard InChI is InChI=1S/C23H30N4O4/c24-22(28)20-5-1-3-18(15-20)7-8-25-23(29)26-17-19-4-2-6-21(16-19)31-14-11-27-9-12-30-13-10-27/h1-6,15-16H,7-14,17H2,(H2,24,28)(H2,25,26,29). The highest BCUT2D eigenvalue weighted by molar-refractivity contribution is 5.92. The molecule has 1 fully saturated rings. The highest BCUT2D eigenvalue weighted by Crippen LogP contribution is 2.13. The van der Waals surface area contributed by atoms with Crippen LogP contribution in [0.25, 0.3) is 0 Å². The summed E-state index contributed by atoms with van der Waals surface area (Å²) in [5.74, 6) is 0.335. The van der Waals surface area contributed by atoms with Crippen LogP contribution >= 0.6 is 0 Å². The number of ether oxygens (including phenoxy) is 2. The number of morpholine rings is 1. The molecule has 0 unspecified atom stereocenters. The highest BCUT2D eigenvalue weighted by Gasteiger charge is 2.10. The van der Waals surface area contributed by atoms with Gasteiger partial charge in [-0.25, -0.2) is 4.79 Å². The maximum Gasteiger partial charge on any atom is 0.315 e. The van der Waals surface area contributed by atoms with Gasteiger partial charge in [-0.05, 0) is 41.8 Å². The minimum absolute atomic E-state index is 0.246. The van der Waals surface area contributed by atoms with E-state index in [1.165, 1.54) is 0 Å². The minimum atomic E-state index is -0.458. The topological polar surface area (TPSA) is 106 Å². The van der Waals surface area contributed by atoms with Gasteiger partial charge in [0.15, 0.2) is 0 Å². The summed E-state index contributed by atoms with van der Waals surface area (Å²) in [5.41, 5.74) is 7.67. The molecule has 2 aromatic rings. The summed E-state index contributed by atoms with van der Waals surface area (Å²) >= 11 is 0. The monoisotopic (exact) mass is 426 g/mol. The molecule has 1 saturated heterocycles. The average Bonchev–Trinajstić information content (AvgIpc) is 2.79. The van der Waals surface area contributed by atoms with E-state index in [4.69, 9.17) is 15.2 Å². The summed E-state index contributed by atoms with van der Waals surface area (Å²) in [4.78, 5) is 25.6. The highest BCUT2D eigenvalue weighted by atomic mass is 16.5. The van der Waals surface area contributed by atoms with E-state index >= 15 is 0 Å². The molecule has 1 aliphatic rings. The number of benzene rings is 2. The Balaban J connectivity index is 1.35. The van der Waals surface area contributed by atoms with Gasteiger partial charge in [0.05, 0.1) is 13.2 Å². The van der Waals surface area contributed by atoms with Gasteiger partial charge < -0.3 is 25.8 Å². The second-order valence-corrected chi connectivity index (χ2v) is 7.37. The van der Waals surface area contributed by atoms with E-state index in [0.29, 0.717) is 31.7 Å². The Bertz CT molecular complexity index is 868.